The minimum absolute atomic E-state index is 0.00463. The van der Waals surface area contributed by atoms with Gasteiger partial charge in [0.15, 0.2) is 0 Å². The van der Waals surface area contributed by atoms with Gasteiger partial charge in [0, 0.05) is 30.4 Å². The van der Waals surface area contributed by atoms with Crippen LogP contribution in [0, 0.1) is 19.3 Å². The fourth-order valence-corrected chi connectivity index (χ4v) is 6.63. The Morgan fingerprint density at radius 1 is 1.02 bits per heavy atom. The summed E-state index contributed by atoms with van der Waals surface area (Å²) in [7, 11) is -2.56. The molecule has 4 aromatic rings. The van der Waals surface area contributed by atoms with Crippen LogP contribution in [0.1, 0.15) is 54.4 Å². The van der Waals surface area contributed by atoms with Gasteiger partial charge in [-0.3, -0.25) is 14.6 Å². The van der Waals surface area contributed by atoms with Crippen LogP contribution in [0.15, 0.2) is 77.8 Å². The van der Waals surface area contributed by atoms with Crippen LogP contribution in [0.2, 0.25) is 0 Å². The number of nitrogens with one attached hydrogen (secondary N) is 1. The van der Waals surface area contributed by atoms with E-state index in [1.54, 1.807) is 31.4 Å². The highest BCUT2D eigenvalue weighted by atomic mass is 32.2. The Balaban J connectivity index is 1.61. The Labute approximate surface area is 276 Å². The first-order valence-electron chi connectivity index (χ1n) is 15.4. The van der Waals surface area contributed by atoms with Crippen molar-refractivity contribution in [3.63, 3.8) is 0 Å². The SMILES string of the molecule is Cc1cccc(C)c1-c1cc2nc(n1)NS(=O)(=O)c1cccc(c1)C(=O)N(CC(=O)N(C)Cc1ccccn1)[C@H](CC(C)(C)C)CO2. The van der Waals surface area contributed by atoms with Crippen molar-refractivity contribution < 1.29 is 22.7 Å². The van der Waals surface area contributed by atoms with Crippen molar-refractivity contribution in [3.8, 4) is 17.1 Å². The lowest BCUT2D eigenvalue weighted by Crippen LogP contribution is -2.50. The first kappa shape index (κ1) is 33.5. The molecule has 0 spiro atoms. The van der Waals surface area contributed by atoms with Crippen molar-refractivity contribution in [2.45, 2.75) is 58.5 Å². The molecule has 0 radical (unpaired) electrons. The molecule has 0 unspecified atom stereocenters. The molecule has 5 rings (SSSR count). The van der Waals surface area contributed by atoms with E-state index >= 15 is 0 Å². The summed E-state index contributed by atoms with van der Waals surface area (Å²) in [6.07, 6.45) is 2.14. The van der Waals surface area contributed by atoms with Crippen molar-refractivity contribution in [1.82, 2.24) is 24.8 Å². The largest absolute Gasteiger partial charge is 0.475 e. The van der Waals surface area contributed by atoms with Crippen LogP contribution < -0.4 is 9.46 Å². The number of sulfonamides is 1. The van der Waals surface area contributed by atoms with Gasteiger partial charge in [0.2, 0.25) is 17.7 Å². The molecule has 11 nitrogen and oxygen atoms in total. The molecule has 2 aromatic heterocycles. The van der Waals surface area contributed by atoms with Gasteiger partial charge in [-0.1, -0.05) is 51.1 Å². The molecule has 0 aliphatic carbocycles. The Kier molecular flexibility index (Phi) is 9.62. The molecule has 4 bridgehead atoms. The number of ether oxygens (including phenoxy) is 1. The lowest BCUT2D eigenvalue weighted by Gasteiger charge is -2.36. The van der Waals surface area contributed by atoms with Gasteiger partial charge in [-0.15, -0.1) is 0 Å². The standard InChI is InChI=1S/C35H40N6O5S/c1-23-11-9-12-24(2)32(23)29-18-30-38-34(37-29)39-47(44,45)28-15-10-13-25(17-28)33(43)41(27(22-46-30)19-35(3,4)5)21-31(42)40(6)20-26-14-7-8-16-36-26/h7-18,27H,19-22H2,1-6H3,(H,37,38,39)/t27-/m1/s1. The molecular formula is C35H40N6O5S. The van der Waals surface area contributed by atoms with E-state index in [2.05, 4.69) is 19.7 Å². The number of rotatable bonds is 6. The zero-order chi connectivity index (χ0) is 33.9. The third-order valence-electron chi connectivity index (χ3n) is 7.89. The van der Waals surface area contributed by atoms with Gasteiger partial charge in [0.25, 0.3) is 15.9 Å². The minimum atomic E-state index is -4.22. The molecule has 0 fully saturated rings. The highest BCUT2D eigenvalue weighted by Gasteiger charge is 2.33. The molecular weight excluding hydrogens is 616 g/mol. The topological polar surface area (TPSA) is 135 Å². The molecule has 1 N–H and O–H groups in total. The predicted octanol–water partition coefficient (Wildman–Crippen LogP) is 5.25. The molecule has 1 atom stereocenters. The molecule has 3 heterocycles. The maximum absolute atomic E-state index is 14.3. The van der Waals surface area contributed by atoms with Crippen molar-refractivity contribution in [2.24, 2.45) is 5.41 Å². The number of aryl methyl sites for hydroxylation is 2. The summed E-state index contributed by atoms with van der Waals surface area (Å²) in [5.41, 5.74) is 3.77. The molecule has 47 heavy (non-hydrogen) atoms. The summed E-state index contributed by atoms with van der Waals surface area (Å²) >= 11 is 0. The van der Waals surface area contributed by atoms with E-state index in [1.165, 1.54) is 28.0 Å². The minimum Gasteiger partial charge on any atom is -0.475 e. The molecule has 246 valence electrons. The van der Waals surface area contributed by atoms with E-state index in [9.17, 15) is 18.0 Å². The molecule has 12 heteroatoms. The van der Waals surface area contributed by atoms with Crippen LogP contribution in [-0.4, -0.2) is 71.2 Å². The van der Waals surface area contributed by atoms with E-state index in [4.69, 9.17) is 4.74 Å². The highest BCUT2D eigenvalue weighted by molar-refractivity contribution is 7.92. The zero-order valence-corrected chi connectivity index (χ0v) is 28.3. The van der Waals surface area contributed by atoms with Crippen molar-refractivity contribution in [1.29, 1.82) is 0 Å². The summed E-state index contributed by atoms with van der Waals surface area (Å²) in [4.78, 5) is 44.1. The van der Waals surface area contributed by atoms with Gasteiger partial charge in [0.1, 0.15) is 13.2 Å². The van der Waals surface area contributed by atoms with Gasteiger partial charge < -0.3 is 14.5 Å². The summed E-state index contributed by atoms with van der Waals surface area (Å²) < 4.78 is 36.0. The second-order valence-electron chi connectivity index (χ2n) is 13.0. The number of likely N-dealkylation sites (N-methyl/N-ethyl adjacent to an activating group) is 1. The lowest BCUT2D eigenvalue weighted by atomic mass is 9.87. The maximum Gasteiger partial charge on any atom is 0.264 e. The lowest BCUT2D eigenvalue weighted by molar-refractivity contribution is -0.132. The van der Waals surface area contributed by atoms with Gasteiger partial charge in [-0.05, 0) is 67.1 Å². The molecule has 0 saturated heterocycles. The van der Waals surface area contributed by atoms with Crippen LogP contribution in [0.4, 0.5) is 5.95 Å². The van der Waals surface area contributed by atoms with Crippen LogP contribution in [-0.2, 0) is 21.4 Å². The van der Waals surface area contributed by atoms with Gasteiger partial charge >= 0.3 is 0 Å². The third kappa shape index (κ3) is 8.12. The molecule has 2 amide bonds. The normalized spacial score (nSPS) is 16.2. The van der Waals surface area contributed by atoms with Crippen molar-refractivity contribution in [3.05, 3.63) is 95.3 Å². The van der Waals surface area contributed by atoms with Gasteiger partial charge in [-0.25, -0.2) is 18.1 Å². The maximum atomic E-state index is 14.3. The molecule has 0 saturated carbocycles. The number of benzene rings is 2. The number of amides is 2. The van der Waals surface area contributed by atoms with Crippen LogP contribution in [0.25, 0.3) is 11.3 Å². The molecule has 1 aliphatic rings. The number of nitrogens with zero attached hydrogens (tertiary/aromatic N) is 5. The molecule has 2 aromatic carbocycles. The average Bonchev–Trinajstić information content (AvgIpc) is 3.01. The van der Waals surface area contributed by atoms with Gasteiger partial charge in [-0.2, -0.15) is 4.98 Å². The quantitative estimate of drug-likeness (QED) is 0.297. The molecule has 1 aliphatic heterocycles. The number of aromatic nitrogens is 3. The average molecular weight is 657 g/mol. The number of carbonyl (C=O) groups is 2. The second kappa shape index (κ2) is 13.5. The van der Waals surface area contributed by atoms with Crippen molar-refractivity contribution in [2.75, 3.05) is 24.9 Å². The van der Waals surface area contributed by atoms with Gasteiger partial charge in [0.05, 0.1) is 28.9 Å². The smallest absolute Gasteiger partial charge is 0.264 e. The predicted molar refractivity (Wildman–Crippen MR) is 179 cm³/mol. The number of anilines is 1. The summed E-state index contributed by atoms with van der Waals surface area (Å²) in [5.74, 6) is -0.829. The Morgan fingerprint density at radius 2 is 1.74 bits per heavy atom. The Hall–Kier alpha value is -4.84. The van der Waals surface area contributed by atoms with Crippen molar-refractivity contribution >= 4 is 27.8 Å². The van der Waals surface area contributed by atoms with E-state index in [1.807, 2.05) is 65.0 Å². The van der Waals surface area contributed by atoms with E-state index < -0.39 is 22.0 Å². The summed E-state index contributed by atoms with van der Waals surface area (Å²) in [6.45, 7) is 10.0. The summed E-state index contributed by atoms with van der Waals surface area (Å²) in [6, 6.07) is 18.2. The number of carbonyl (C=O) groups excluding carboxylic acids is 2. The number of fused-ring (bicyclic) bond motifs is 4. The van der Waals surface area contributed by atoms with Crippen LogP contribution >= 0.6 is 0 Å². The first-order valence-corrected chi connectivity index (χ1v) is 16.8. The monoisotopic (exact) mass is 656 g/mol. The highest BCUT2D eigenvalue weighted by Crippen LogP contribution is 2.31. The van der Waals surface area contributed by atoms with Crippen LogP contribution in [0.3, 0.4) is 0 Å². The van der Waals surface area contributed by atoms with E-state index in [0.717, 1.165) is 16.7 Å². The number of pyridine rings is 1. The first-order chi connectivity index (χ1) is 22.2. The zero-order valence-electron chi connectivity index (χ0n) is 27.5. The fourth-order valence-electron chi connectivity index (χ4n) is 5.64. The van der Waals surface area contributed by atoms with E-state index in [-0.39, 0.29) is 53.3 Å². The number of hydrogen-bond acceptors (Lipinski definition) is 8. The van der Waals surface area contributed by atoms with Crippen LogP contribution in [0.5, 0.6) is 5.88 Å². The summed E-state index contributed by atoms with van der Waals surface area (Å²) in [5, 5.41) is 0. The second-order valence-corrected chi connectivity index (χ2v) is 14.7. The third-order valence-corrected chi connectivity index (χ3v) is 9.21. The Morgan fingerprint density at radius 3 is 2.43 bits per heavy atom. The Bertz CT molecular complexity index is 1870. The fraction of sp³-hybridized carbons (Fsp3) is 0.343. The number of hydrogen-bond donors (Lipinski definition) is 1. The van der Waals surface area contributed by atoms with E-state index in [0.29, 0.717) is 17.8 Å².